The molecule has 1 saturated heterocycles. The van der Waals surface area contributed by atoms with Crippen LogP contribution in [0, 0.1) is 0 Å². The fourth-order valence-electron chi connectivity index (χ4n) is 3.85. The summed E-state index contributed by atoms with van der Waals surface area (Å²) in [7, 11) is 0. The van der Waals surface area contributed by atoms with Crippen molar-refractivity contribution in [2.24, 2.45) is 0 Å². The first-order chi connectivity index (χ1) is 9.40. The summed E-state index contributed by atoms with van der Waals surface area (Å²) in [4.78, 5) is 2.74. The first-order valence-electron chi connectivity index (χ1n) is 7.95. The van der Waals surface area contributed by atoms with Crippen molar-refractivity contribution in [2.75, 3.05) is 19.6 Å². The van der Waals surface area contributed by atoms with Gasteiger partial charge in [-0.05, 0) is 56.4 Å². The van der Waals surface area contributed by atoms with Gasteiger partial charge in [-0.1, -0.05) is 37.6 Å². The molecule has 2 unspecified atom stereocenters. The van der Waals surface area contributed by atoms with Gasteiger partial charge in [0, 0.05) is 12.1 Å². The predicted molar refractivity (Wildman–Crippen MR) is 80.4 cm³/mol. The Morgan fingerprint density at radius 1 is 1.16 bits per heavy atom. The van der Waals surface area contributed by atoms with Gasteiger partial charge in [0.25, 0.3) is 0 Å². The van der Waals surface area contributed by atoms with Crippen molar-refractivity contribution >= 4 is 0 Å². The van der Waals surface area contributed by atoms with Crippen LogP contribution in [0.2, 0.25) is 0 Å². The summed E-state index contributed by atoms with van der Waals surface area (Å²) >= 11 is 0. The maximum Gasteiger partial charge on any atom is 0.0480 e. The minimum absolute atomic E-state index is 0.535. The topological polar surface area (TPSA) is 15.3 Å². The second-order valence-electron chi connectivity index (χ2n) is 5.94. The van der Waals surface area contributed by atoms with Gasteiger partial charge >= 0.3 is 0 Å². The van der Waals surface area contributed by atoms with Crippen molar-refractivity contribution in [3.63, 3.8) is 0 Å². The third-order valence-electron chi connectivity index (χ3n) is 4.77. The third kappa shape index (κ3) is 2.70. The number of benzene rings is 1. The quantitative estimate of drug-likeness (QED) is 0.896. The number of hydrogen-bond acceptors (Lipinski definition) is 2. The van der Waals surface area contributed by atoms with Crippen LogP contribution in [0.1, 0.15) is 49.8 Å². The Morgan fingerprint density at radius 3 is 2.74 bits per heavy atom. The Morgan fingerprint density at radius 2 is 1.95 bits per heavy atom. The Labute approximate surface area is 117 Å². The zero-order valence-corrected chi connectivity index (χ0v) is 12.1. The van der Waals surface area contributed by atoms with E-state index in [1.165, 1.54) is 45.2 Å². The van der Waals surface area contributed by atoms with Crippen LogP contribution < -0.4 is 5.32 Å². The zero-order valence-electron chi connectivity index (χ0n) is 12.1. The molecule has 0 bridgehead atoms. The number of hydrogen-bond donors (Lipinski definition) is 1. The molecule has 2 heteroatoms. The first kappa shape index (κ1) is 13.1. The fraction of sp³-hybridized carbons (Fsp3) is 0.647. The Balaban J connectivity index is 1.84. The van der Waals surface area contributed by atoms with Crippen LogP contribution in [0.4, 0.5) is 0 Å². The van der Waals surface area contributed by atoms with Crippen LogP contribution in [-0.2, 0) is 6.42 Å². The molecule has 2 nitrogen and oxygen atoms in total. The predicted octanol–water partition coefficient (Wildman–Crippen LogP) is 3.14. The van der Waals surface area contributed by atoms with Crippen LogP contribution >= 0.6 is 0 Å². The molecule has 0 saturated carbocycles. The summed E-state index contributed by atoms with van der Waals surface area (Å²) in [5.41, 5.74) is 3.10. The average Bonchev–Trinajstić information content (AvgIpc) is 2.49. The van der Waals surface area contributed by atoms with E-state index < -0.39 is 0 Å². The number of likely N-dealkylation sites (tertiary alicyclic amines) is 1. The van der Waals surface area contributed by atoms with E-state index in [9.17, 15) is 0 Å². The van der Waals surface area contributed by atoms with Crippen LogP contribution in [0.25, 0.3) is 0 Å². The fourth-order valence-corrected chi connectivity index (χ4v) is 3.85. The van der Waals surface area contributed by atoms with Gasteiger partial charge in [-0.3, -0.25) is 4.90 Å². The van der Waals surface area contributed by atoms with Gasteiger partial charge in [-0.15, -0.1) is 0 Å². The van der Waals surface area contributed by atoms with Gasteiger partial charge in [0.05, 0.1) is 0 Å². The van der Waals surface area contributed by atoms with Crippen molar-refractivity contribution in [3.05, 3.63) is 35.4 Å². The van der Waals surface area contributed by atoms with E-state index in [2.05, 4.69) is 41.4 Å². The lowest BCUT2D eigenvalue weighted by Crippen LogP contribution is -2.49. The molecule has 3 rings (SSSR count). The number of likely N-dealkylation sites (N-methyl/N-ethyl adjacent to an activating group) is 1. The van der Waals surface area contributed by atoms with Crippen LogP contribution in [-0.4, -0.2) is 30.6 Å². The van der Waals surface area contributed by atoms with Crippen molar-refractivity contribution in [1.29, 1.82) is 0 Å². The molecule has 104 valence electrons. The lowest BCUT2D eigenvalue weighted by atomic mass is 9.82. The second-order valence-corrected chi connectivity index (χ2v) is 5.94. The number of nitrogens with one attached hydrogen (secondary N) is 1. The smallest absolute Gasteiger partial charge is 0.0480 e. The molecule has 0 amide bonds. The number of piperidine rings is 1. The van der Waals surface area contributed by atoms with Gasteiger partial charge in [0.1, 0.15) is 0 Å². The minimum atomic E-state index is 0.535. The van der Waals surface area contributed by atoms with Crippen LogP contribution in [0.15, 0.2) is 24.3 Å². The number of aryl methyl sites for hydroxylation is 1. The summed E-state index contributed by atoms with van der Waals surface area (Å²) in [6.45, 7) is 5.89. The van der Waals surface area contributed by atoms with E-state index in [-0.39, 0.29) is 0 Å². The molecule has 1 N–H and O–H groups in total. The second kappa shape index (κ2) is 6.06. The number of nitrogens with zero attached hydrogens (tertiary/aromatic N) is 1. The molecule has 0 radical (unpaired) electrons. The summed E-state index contributed by atoms with van der Waals surface area (Å²) in [5.74, 6) is 0. The number of rotatable bonds is 3. The van der Waals surface area contributed by atoms with Gasteiger partial charge in [-0.2, -0.15) is 0 Å². The lowest BCUT2D eigenvalue weighted by Gasteiger charge is -2.43. The van der Waals surface area contributed by atoms with Gasteiger partial charge in [-0.25, -0.2) is 0 Å². The number of fused-ring (bicyclic) bond motifs is 1. The highest BCUT2D eigenvalue weighted by molar-refractivity contribution is 5.34. The average molecular weight is 258 g/mol. The van der Waals surface area contributed by atoms with Crippen LogP contribution in [0.3, 0.4) is 0 Å². The molecule has 1 aromatic carbocycles. The Bertz CT molecular complexity index is 409. The monoisotopic (exact) mass is 258 g/mol. The molecule has 19 heavy (non-hydrogen) atoms. The van der Waals surface area contributed by atoms with Crippen molar-refractivity contribution in [2.45, 2.75) is 51.1 Å². The SMILES string of the molecule is CCNC1c2ccccc2CCC1N1CCCCC1. The summed E-state index contributed by atoms with van der Waals surface area (Å²) < 4.78 is 0. The molecule has 2 atom stereocenters. The van der Waals surface area contributed by atoms with Gasteiger partial charge in [0.15, 0.2) is 0 Å². The highest BCUT2D eigenvalue weighted by Gasteiger charge is 2.33. The van der Waals surface area contributed by atoms with E-state index in [0.717, 1.165) is 6.54 Å². The highest BCUT2D eigenvalue weighted by Crippen LogP contribution is 2.34. The van der Waals surface area contributed by atoms with E-state index in [0.29, 0.717) is 12.1 Å². The molecule has 1 fully saturated rings. The normalized spacial score (nSPS) is 28.1. The maximum atomic E-state index is 3.75. The Hall–Kier alpha value is -0.860. The summed E-state index contributed by atoms with van der Waals surface area (Å²) in [5, 5.41) is 3.75. The third-order valence-corrected chi connectivity index (χ3v) is 4.77. The lowest BCUT2D eigenvalue weighted by molar-refractivity contribution is 0.117. The van der Waals surface area contributed by atoms with Crippen molar-refractivity contribution in [1.82, 2.24) is 10.2 Å². The van der Waals surface area contributed by atoms with Crippen LogP contribution in [0.5, 0.6) is 0 Å². The van der Waals surface area contributed by atoms with Crippen molar-refractivity contribution in [3.8, 4) is 0 Å². The zero-order chi connectivity index (χ0) is 13.1. The van der Waals surface area contributed by atoms with E-state index in [1.807, 2.05) is 0 Å². The molecule has 0 spiro atoms. The molecular formula is C17H26N2. The summed E-state index contributed by atoms with van der Waals surface area (Å²) in [6, 6.07) is 10.3. The minimum Gasteiger partial charge on any atom is -0.309 e. The highest BCUT2D eigenvalue weighted by atomic mass is 15.2. The molecule has 1 aromatic rings. The van der Waals surface area contributed by atoms with E-state index in [4.69, 9.17) is 0 Å². The van der Waals surface area contributed by atoms with E-state index in [1.54, 1.807) is 11.1 Å². The largest absolute Gasteiger partial charge is 0.309 e. The standard InChI is InChI=1S/C17H26N2/c1-2-18-17-15-9-5-4-8-14(15)10-11-16(17)19-12-6-3-7-13-19/h4-5,8-9,16-18H,2-3,6-7,10-13H2,1H3. The first-order valence-corrected chi connectivity index (χ1v) is 7.95. The molecule has 0 aromatic heterocycles. The van der Waals surface area contributed by atoms with Gasteiger partial charge < -0.3 is 5.32 Å². The molecule has 1 heterocycles. The van der Waals surface area contributed by atoms with Gasteiger partial charge in [0.2, 0.25) is 0 Å². The summed E-state index contributed by atoms with van der Waals surface area (Å²) in [6.07, 6.45) is 6.76. The molecule has 2 aliphatic rings. The molecule has 1 aliphatic heterocycles. The maximum absolute atomic E-state index is 3.75. The molecular weight excluding hydrogens is 232 g/mol. The van der Waals surface area contributed by atoms with E-state index >= 15 is 0 Å². The van der Waals surface area contributed by atoms with Crippen molar-refractivity contribution < 1.29 is 0 Å². The Kier molecular flexibility index (Phi) is 4.19. The molecule has 1 aliphatic carbocycles.